The van der Waals surface area contributed by atoms with E-state index in [1.165, 1.54) is 12.1 Å². The number of amides is 1. The number of carbonyl (C=O) groups is 1. The lowest BCUT2D eigenvalue weighted by Gasteiger charge is -2.41. The maximum absolute atomic E-state index is 13.7. The molecular formula is C17H25FN2O4S. The molecule has 6 nitrogen and oxygen atoms in total. The molecule has 0 bridgehead atoms. The Morgan fingerprint density at radius 3 is 2.44 bits per heavy atom. The molecule has 1 aromatic carbocycles. The van der Waals surface area contributed by atoms with E-state index in [0.29, 0.717) is 25.3 Å². The first-order valence-corrected chi connectivity index (χ1v) is 10.0. The van der Waals surface area contributed by atoms with Gasteiger partial charge in [-0.1, -0.05) is 0 Å². The number of piperazine rings is 1. The van der Waals surface area contributed by atoms with Crippen molar-refractivity contribution in [3.8, 4) is 0 Å². The molecule has 8 heteroatoms. The van der Waals surface area contributed by atoms with Crippen molar-refractivity contribution in [2.24, 2.45) is 0 Å². The molecule has 0 N–H and O–H groups in total. The first kappa shape index (κ1) is 19.5. The van der Waals surface area contributed by atoms with E-state index in [1.54, 1.807) is 30.6 Å². The molecule has 0 saturated carbocycles. The Bertz CT molecular complexity index is 758. The zero-order valence-electron chi connectivity index (χ0n) is 15.2. The molecule has 1 fully saturated rings. The Hall–Kier alpha value is -1.83. The van der Waals surface area contributed by atoms with Crippen LogP contribution in [-0.4, -0.2) is 56.9 Å². The summed E-state index contributed by atoms with van der Waals surface area (Å²) in [4.78, 5) is 15.8. The van der Waals surface area contributed by atoms with Crippen molar-refractivity contribution in [1.82, 2.24) is 4.90 Å². The van der Waals surface area contributed by atoms with Crippen LogP contribution in [-0.2, 0) is 14.6 Å². The molecule has 1 aliphatic heterocycles. The Kier molecular flexibility index (Phi) is 5.32. The average Bonchev–Trinajstić information content (AvgIpc) is 2.43. The minimum atomic E-state index is -3.48. The normalized spacial score (nSPS) is 19.0. The van der Waals surface area contributed by atoms with Crippen molar-refractivity contribution in [3.63, 3.8) is 0 Å². The van der Waals surface area contributed by atoms with Crippen LogP contribution in [0, 0.1) is 5.82 Å². The van der Waals surface area contributed by atoms with Crippen molar-refractivity contribution in [1.29, 1.82) is 0 Å². The van der Waals surface area contributed by atoms with Gasteiger partial charge in [0.2, 0.25) is 0 Å². The third kappa shape index (κ3) is 4.84. The standard InChI is InChI=1S/C17H25FN2O4S/c1-12-11-19(8-9-20(12)16(21)24-17(2,3)4)14-10-13(18)6-7-15(14)25(5,22)23/h6-7,10,12H,8-9,11H2,1-5H3/t12-/m1/s1. The van der Waals surface area contributed by atoms with Crippen molar-refractivity contribution in [3.05, 3.63) is 24.0 Å². The van der Waals surface area contributed by atoms with Crippen LogP contribution in [0.4, 0.5) is 14.9 Å². The minimum Gasteiger partial charge on any atom is -0.444 e. The fraction of sp³-hybridized carbons (Fsp3) is 0.588. The lowest BCUT2D eigenvalue weighted by Crippen LogP contribution is -2.55. The largest absolute Gasteiger partial charge is 0.444 e. The number of hydrogen-bond donors (Lipinski definition) is 0. The van der Waals surface area contributed by atoms with Gasteiger partial charge in [-0.15, -0.1) is 0 Å². The molecular weight excluding hydrogens is 347 g/mol. The molecule has 1 saturated heterocycles. The maximum Gasteiger partial charge on any atom is 0.410 e. The van der Waals surface area contributed by atoms with Crippen LogP contribution >= 0.6 is 0 Å². The zero-order valence-corrected chi connectivity index (χ0v) is 16.1. The minimum absolute atomic E-state index is 0.0896. The monoisotopic (exact) mass is 372 g/mol. The number of anilines is 1. The van der Waals surface area contributed by atoms with E-state index >= 15 is 0 Å². The van der Waals surface area contributed by atoms with Crippen molar-refractivity contribution < 1.29 is 22.3 Å². The average molecular weight is 372 g/mol. The van der Waals surface area contributed by atoms with E-state index in [0.717, 1.165) is 12.3 Å². The number of benzene rings is 1. The van der Waals surface area contributed by atoms with Gasteiger partial charge in [-0.05, 0) is 45.9 Å². The van der Waals surface area contributed by atoms with Gasteiger partial charge in [0.1, 0.15) is 11.4 Å². The second-order valence-electron chi connectivity index (χ2n) is 7.35. The van der Waals surface area contributed by atoms with Crippen molar-refractivity contribution >= 4 is 21.6 Å². The van der Waals surface area contributed by atoms with Gasteiger partial charge in [0.15, 0.2) is 9.84 Å². The first-order valence-electron chi connectivity index (χ1n) is 8.12. The number of carbonyl (C=O) groups excluding carboxylic acids is 1. The van der Waals surface area contributed by atoms with Crippen LogP contribution in [0.15, 0.2) is 23.1 Å². The molecule has 1 heterocycles. The Balaban J connectivity index is 2.22. The van der Waals surface area contributed by atoms with Gasteiger partial charge in [0.05, 0.1) is 10.6 Å². The van der Waals surface area contributed by atoms with Crippen molar-refractivity contribution in [2.75, 3.05) is 30.8 Å². The molecule has 0 spiro atoms. The van der Waals surface area contributed by atoms with Gasteiger partial charge in [-0.25, -0.2) is 17.6 Å². The summed E-state index contributed by atoms with van der Waals surface area (Å²) < 4.78 is 43.0. The number of sulfone groups is 1. The number of halogens is 1. The fourth-order valence-electron chi connectivity index (χ4n) is 2.82. The summed E-state index contributed by atoms with van der Waals surface area (Å²) in [5, 5.41) is 0. The quantitative estimate of drug-likeness (QED) is 0.747. The molecule has 0 unspecified atom stereocenters. The van der Waals surface area contributed by atoms with Crippen LogP contribution in [0.1, 0.15) is 27.7 Å². The number of hydrogen-bond acceptors (Lipinski definition) is 5. The second kappa shape index (κ2) is 6.82. The van der Waals surface area contributed by atoms with Crippen LogP contribution < -0.4 is 4.90 Å². The molecule has 1 amide bonds. The number of nitrogens with zero attached hydrogens (tertiary/aromatic N) is 2. The third-order valence-corrected chi connectivity index (χ3v) is 5.06. The van der Waals surface area contributed by atoms with E-state index in [1.807, 2.05) is 6.92 Å². The molecule has 1 aromatic rings. The van der Waals surface area contributed by atoms with E-state index in [-0.39, 0.29) is 10.9 Å². The Morgan fingerprint density at radius 1 is 1.28 bits per heavy atom. The highest BCUT2D eigenvalue weighted by atomic mass is 32.2. The molecule has 0 aliphatic carbocycles. The molecule has 140 valence electrons. The molecule has 1 atom stereocenters. The van der Waals surface area contributed by atoms with Crippen molar-refractivity contribution in [2.45, 2.75) is 44.2 Å². The highest BCUT2D eigenvalue weighted by Gasteiger charge is 2.32. The third-order valence-electron chi connectivity index (χ3n) is 3.92. The molecule has 0 aromatic heterocycles. The summed E-state index contributed by atoms with van der Waals surface area (Å²) >= 11 is 0. The number of rotatable bonds is 2. The summed E-state index contributed by atoms with van der Waals surface area (Å²) in [6, 6.07) is 3.46. The Labute approximate surface area is 148 Å². The maximum atomic E-state index is 13.7. The van der Waals surface area contributed by atoms with Crippen LogP contribution in [0.25, 0.3) is 0 Å². The predicted octanol–water partition coefficient (Wildman–Crippen LogP) is 2.67. The summed E-state index contributed by atoms with van der Waals surface area (Å²) in [6.07, 6.45) is 0.701. The summed E-state index contributed by atoms with van der Waals surface area (Å²) in [7, 11) is -3.48. The predicted molar refractivity (Wildman–Crippen MR) is 94.1 cm³/mol. The van der Waals surface area contributed by atoms with Gasteiger partial charge < -0.3 is 14.5 Å². The van der Waals surface area contributed by atoms with Gasteiger partial charge in [0, 0.05) is 31.9 Å². The lowest BCUT2D eigenvalue weighted by molar-refractivity contribution is 0.0158. The summed E-state index contributed by atoms with van der Waals surface area (Å²) in [5.41, 5.74) is -0.252. The molecule has 2 rings (SSSR count). The zero-order chi connectivity index (χ0) is 19.0. The van der Waals surface area contributed by atoms with E-state index in [2.05, 4.69) is 0 Å². The smallest absolute Gasteiger partial charge is 0.410 e. The highest BCUT2D eigenvalue weighted by Crippen LogP contribution is 2.28. The molecule has 0 radical (unpaired) electrons. The van der Waals surface area contributed by atoms with Gasteiger partial charge >= 0.3 is 6.09 Å². The Morgan fingerprint density at radius 2 is 1.92 bits per heavy atom. The van der Waals surface area contributed by atoms with Gasteiger partial charge in [-0.3, -0.25) is 0 Å². The van der Waals surface area contributed by atoms with Crippen LogP contribution in [0.5, 0.6) is 0 Å². The van der Waals surface area contributed by atoms with E-state index in [9.17, 15) is 17.6 Å². The molecule has 1 aliphatic rings. The van der Waals surface area contributed by atoms with Crippen LogP contribution in [0.3, 0.4) is 0 Å². The SMILES string of the molecule is C[C@@H]1CN(c2cc(F)ccc2S(C)(=O)=O)CCN1C(=O)OC(C)(C)C. The van der Waals surface area contributed by atoms with Crippen LogP contribution in [0.2, 0.25) is 0 Å². The molecule has 25 heavy (non-hydrogen) atoms. The highest BCUT2D eigenvalue weighted by molar-refractivity contribution is 7.90. The van der Waals surface area contributed by atoms with Gasteiger partial charge in [0.25, 0.3) is 0 Å². The summed E-state index contributed by atoms with van der Waals surface area (Å²) in [5.74, 6) is -0.496. The fourth-order valence-corrected chi connectivity index (χ4v) is 3.70. The first-order chi connectivity index (χ1) is 11.4. The van der Waals surface area contributed by atoms with E-state index < -0.39 is 27.3 Å². The number of ether oxygens (including phenoxy) is 1. The summed E-state index contributed by atoms with van der Waals surface area (Å²) in [6.45, 7) is 8.43. The lowest BCUT2D eigenvalue weighted by atomic mass is 10.1. The van der Waals surface area contributed by atoms with Gasteiger partial charge in [-0.2, -0.15) is 0 Å². The second-order valence-corrected chi connectivity index (χ2v) is 9.34. The van der Waals surface area contributed by atoms with E-state index in [4.69, 9.17) is 4.74 Å². The topological polar surface area (TPSA) is 66.9 Å².